The number of carbonyl (C=O) groups excluding carboxylic acids is 1. The summed E-state index contributed by atoms with van der Waals surface area (Å²) < 4.78 is 0. The van der Waals surface area contributed by atoms with Crippen molar-refractivity contribution < 1.29 is 4.79 Å². The third kappa shape index (κ3) is 3.00. The topological polar surface area (TPSA) is 84.2 Å². The number of anilines is 1. The number of rotatable bonds is 3. The molecule has 1 atom stereocenters. The van der Waals surface area contributed by atoms with Gasteiger partial charge in [-0.25, -0.2) is 4.98 Å². The van der Waals surface area contributed by atoms with Gasteiger partial charge in [0.25, 0.3) is 5.91 Å². The maximum atomic E-state index is 13.3. The lowest BCUT2D eigenvalue weighted by Crippen LogP contribution is -2.26. The first-order valence-corrected chi connectivity index (χ1v) is 9.70. The molecule has 8 heteroatoms. The number of pyridine rings is 1. The molecule has 1 amide bonds. The molecule has 0 saturated carbocycles. The Balaban J connectivity index is 1.67. The van der Waals surface area contributed by atoms with Crippen LogP contribution in [0.4, 0.5) is 5.69 Å². The number of fused-ring (bicyclic) bond motifs is 1. The highest BCUT2D eigenvalue weighted by atomic mass is 35.5. The van der Waals surface area contributed by atoms with E-state index in [0.29, 0.717) is 28.1 Å². The number of halogens is 1. The van der Waals surface area contributed by atoms with Crippen molar-refractivity contribution in [3.8, 4) is 11.1 Å². The maximum absolute atomic E-state index is 13.3. The van der Waals surface area contributed by atoms with Crippen molar-refractivity contribution in [1.29, 1.82) is 0 Å². The van der Waals surface area contributed by atoms with Crippen LogP contribution >= 0.6 is 11.6 Å². The van der Waals surface area contributed by atoms with E-state index in [-0.39, 0.29) is 11.1 Å². The van der Waals surface area contributed by atoms with Crippen LogP contribution in [-0.4, -0.2) is 32.0 Å². The van der Waals surface area contributed by atoms with Gasteiger partial charge in [-0.2, -0.15) is 10.1 Å². The van der Waals surface area contributed by atoms with Crippen LogP contribution in [-0.2, 0) is 4.79 Å². The van der Waals surface area contributed by atoms with Crippen LogP contribution in [0, 0.1) is 0 Å². The van der Waals surface area contributed by atoms with Gasteiger partial charge in [0, 0.05) is 0 Å². The Kier molecular flexibility index (Phi) is 4.44. The smallest absolute Gasteiger partial charge is 0.262 e. The second-order valence-corrected chi connectivity index (χ2v) is 7.26. The molecule has 0 radical (unpaired) electrons. The highest BCUT2D eigenvalue weighted by Crippen LogP contribution is 2.36. The molecule has 0 N–H and O–H groups in total. The molecule has 0 fully saturated rings. The van der Waals surface area contributed by atoms with Crippen LogP contribution in [0.5, 0.6) is 0 Å². The zero-order chi connectivity index (χ0) is 20.7. The lowest BCUT2D eigenvalue weighted by molar-refractivity contribution is -0.118. The number of para-hydroxylation sites is 1. The fraction of sp³-hybridized carbons (Fsp3) is 0.0909. The number of nitrogens with zero attached hydrogens (tertiary/aromatic N) is 6. The monoisotopic (exact) mass is 414 g/mol. The molecule has 2 aromatic carbocycles. The van der Waals surface area contributed by atoms with Crippen LogP contribution in [0.25, 0.3) is 22.2 Å². The van der Waals surface area contributed by atoms with Crippen molar-refractivity contribution in [1.82, 2.24) is 20.4 Å². The van der Waals surface area contributed by atoms with Crippen LogP contribution in [0.2, 0.25) is 5.15 Å². The first-order chi connectivity index (χ1) is 14.6. The van der Waals surface area contributed by atoms with E-state index in [1.54, 1.807) is 0 Å². The molecule has 1 aliphatic rings. The molecular formula is C22H15ClN6O. The summed E-state index contributed by atoms with van der Waals surface area (Å²) in [6.07, 6.45) is 0. The molecule has 1 unspecified atom stereocenters. The minimum atomic E-state index is -0.620. The van der Waals surface area contributed by atoms with Crippen molar-refractivity contribution >= 4 is 39.9 Å². The van der Waals surface area contributed by atoms with E-state index in [1.807, 2.05) is 73.7 Å². The standard InChI is InChI=1S/C22H15ClN6O/c1-13-18(22(30)29(27-13)15-10-6-3-7-11-15)17-12-16(14-8-4-2-5-9-14)19-20(23)25-28-26-21(19)24-17/h2-12,18H,1H3. The van der Waals surface area contributed by atoms with E-state index in [0.717, 1.165) is 11.1 Å². The average Bonchev–Trinajstić information content (AvgIpc) is 3.08. The first-order valence-electron chi connectivity index (χ1n) is 9.32. The Morgan fingerprint density at radius 2 is 1.67 bits per heavy atom. The number of benzene rings is 2. The predicted molar refractivity (Wildman–Crippen MR) is 115 cm³/mol. The molecule has 0 saturated heterocycles. The summed E-state index contributed by atoms with van der Waals surface area (Å²) in [5, 5.41) is 18.3. The van der Waals surface area contributed by atoms with Gasteiger partial charge in [-0.15, -0.1) is 10.2 Å². The SMILES string of the molecule is CC1=NN(c2ccccc2)C(=O)C1c1cc(-c2ccccc2)c2c(Cl)nnnc2n1. The number of aromatic nitrogens is 4. The Bertz CT molecular complexity index is 1290. The molecule has 1 aliphatic heterocycles. The van der Waals surface area contributed by atoms with Gasteiger partial charge in [-0.3, -0.25) is 4.79 Å². The molecule has 146 valence electrons. The Morgan fingerprint density at radius 1 is 0.967 bits per heavy atom. The first kappa shape index (κ1) is 18.3. The van der Waals surface area contributed by atoms with Crippen molar-refractivity contribution in [2.75, 3.05) is 5.01 Å². The predicted octanol–water partition coefficient (Wildman–Crippen LogP) is 4.25. The Hall–Kier alpha value is -3.71. The highest BCUT2D eigenvalue weighted by molar-refractivity contribution is 6.35. The average molecular weight is 415 g/mol. The summed E-state index contributed by atoms with van der Waals surface area (Å²) in [6, 6.07) is 20.9. The summed E-state index contributed by atoms with van der Waals surface area (Å²) in [4.78, 5) is 17.9. The van der Waals surface area contributed by atoms with Crippen molar-refractivity contribution in [2.45, 2.75) is 12.8 Å². The van der Waals surface area contributed by atoms with Gasteiger partial charge in [0.15, 0.2) is 10.8 Å². The molecule has 30 heavy (non-hydrogen) atoms. The van der Waals surface area contributed by atoms with E-state index in [9.17, 15) is 4.79 Å². The Morgan fingerprint density at radius 3 is 2.40 bits per heavy atom. The normalized spacial score (nSPS) is 16.2. The quantitative estimate of drug-likeness (QED) is 0.500. The summed E-state index contributed by atoms with van der Waals surface area (Å²) in [6.45, 7) is 1.82. The molecule has 0 aliphatic carbocycles. The van der Waals surface area contributed by atoms with E-state index >= 15 is 0 Å². The van der Waals surface area contributed by atoms with Crippen LogP contribution in [0.3, 0.4) is 0 Å². The van der Waals surface area contributed by atoms with E-state index in [4.69, 9.17) is 11.6 Å². The molecule has 0 spiro atoms. The van der Waals surface area contributed by atoms with Crippen molar-refractivity contribution in [3.63, 3.8) is 0 Å². The maximum Gasteiger partial charge on any atom is 0.262 e. The summed E-state index contributed by atoms with van der Waals surface area (Å²) >= 11 is 6.33. The lowest BCUT2D eigenvalue weighted by atomic mass is 9.95. The zero-order valence-electron chi connectivity index (χ0n) is 15.9. The number of amides is 1. The van der Waals surface area contributed by atoms with Gasteiger partial charge < -0.3 is 0 Å². The summed E-state index contributed by atoms with van der Waals surface area (Å²) in [5.74, 6) is -0.788. The van der Waals surface area contributed by atoms with Crippen molar-refractivity contribution in [3.05, 3.63) is 77.6 Å². The van der Waals surface area contributed by atoms with Gasteiger partial charge in [0.1, 0.15) is 5.92 Å². The lowest BCUT2D eigenvalue weighted by Gasteiger charge is -2.15. The summed E-state index contributed by atoms with van der Waals surface area (Å²) in [5.41, 5.74) is 3.96. The number of hydrogen-bond acceptors (Lipinski definition) is 6. The minimum Gasteiger partial charge on any atom is -0.271 e. The second-order valence-electron chi connectivity index (χ2n) is 6.90. The molecule has 5 rings (SSSR count). The fourth-order valence-corrected chi connectivity index (χ4v) is 3.85. The van der Waals surface area contributed by atoms with Gasteiger partial charge in [-0.1, -0.05) is 60.1 Å². The third-order valence-corrected chi connectivity index (χ3v) is 5.28. The van der Waals surface area contributed by atoms with Crippen molar-refractivity contribution in [2.24, 2.45) is 5.10 Å². The molecule has 4 aromatic rings. The van der Waals surface area contributed by atoms with E-state index in [1.165, 1.54) is 5.01 Å². The van der Waals surface area contributed by atoms with E-state index in [2.05, 4.69) is 25.5 Å². The Labute approximate surface area is 177 Å². The number of carbonyl (C=O) groups is 1. The van der Waals surface area contributed by atoms with Gasteiger partial charge >= 0.3 is 0 Å². The van der Waals surface area contributed by atoms with E-state index < -0.39 is 5.92 Å². The highest BCUT2D eigenvalue weighted by Gasteiger charge is 2.37. The molecule has 2 aromatic heterocycles. The van der Waals surface area contributed by atoms with Crippen LogP contribution < -0.4 is 5.01 Å². The van der Waals surface area contributed by atoms with Gasteiger partial charge in [0.05, 0.1) is 22.5 Å². The summed E-state index contributed by atoms with van der Waals surface area (Å²) in [7, 11) is 0. The van der Waals surface area contributed by atoms with Crippen LogP contribution in [0.1, 0.15) is 18.5 Å². The van der Waals surface area contributed by atoms with Gasteiger partial charge in [-0.05, 0) is 41.5 Å². The molecule has 0 bridgehead atoms. The third-order valence-electron chi connectivity index (χ3n) is 5.01. The zero-order valence-corrected chi connectivity index (χ0v) is 16.7. The van der Waals surface area contributed by atoms with Gasteiger partial charge in [0.2, 0.25) is 0 Å². The molecule has 3 heterocycles. The molecular weight excluding hydrogens is 400 g/mol. The number of hydrogen-bond donors (Lipinski definition) is 0. The second kappa shape index (κ2) is 7.27. The largest absolute Gasteiger partial charge is 0.271 e. The van der Waals surface area contributed by atoms with Crippen LogP contribution in [0.15, 0.2) is 71.8 Å². The fourth-order valence-electron chi connectivity index (χ4n) is 3.63. The minimum absolute atomic E-state index is 0.169. The number of hydrazone groups is 1. The molecule has 7 nitrogen and oxygen atoms in total.